The number of halogens is 1. The maximum Gasteiger partial charge on any atom is 0.142 e. The van der Waals surface area contributed by atoms with Crippen LogP contribution in [0.2, 0.25) is 0 Å². The molecule has 94 valence electrons. The van der Waals surface area contributed by atoms with Gasteiger partial charge in [-0.1, -0.05) is 12.1 Å². The monoisotopic (exact) mass is 246 g/mol. The number of hydrogen-bond acceptors (Lipinski definition) is 3. The molecule has 2 aromatic carbocycles. The number of methoxy groups -OCH3 is 1. The standard InChI is InChI=1S/C14H15FN2O/c1-17(12-5-3-4-6-14(12)18-2)13-9-10(15)7-8-11(13)16/h3-9H,16H2,1-2H3. The first kappa shape index (κ1) is 12.2. The summed E-state index contributed by atoms with van der Waals surface area (Å²) in [5.41, 5.74) is 7.83. The Bertz CT molecular complexity index is 557. The molecule has 0 aliphatic rings. The molecular formula is C14H15FN2O. The fraction of sp³-hybridized carbons (Fsp3) is 0.143. The Labute approximate surface area is 106 Å². The van der Waals surface area contributed by atoms with Crippen molar-refractivity contribution >= 4 is 17.1 Å². The van der Waals surface area contributed by atoms with Crippen molar-refractivity contribution in [2.24, 2.45) is 0 Å². The smallest absolute Gasteiger partial charge is 0.142 e. The van der Waals surface area contributed by atoms with Crippen LogP contribution in [0.25, 0.3) is 0 Å². The molecule has 18 heavy (non-hydrogen) atoms. The van der Waals surface area contributed by atoms with Crippen LogP contribution >= 0.6 is 0 Å². The van der Waals surface area contributed by atoms with Crippen molar-refractivity contribution in [2.45, 2.75) is 0 Å². The van der Waals surface area contributed by atoms with E-state index in [-0.39, 0.29) is 5.82 Å². The molecule has 0 heterocycles. The number of nitrogens with zero attached hydrogens (tertiary/aromatic N) is 1. The molecular weight excluding hydrogens is 231 g/mol. The van der Waals surface area contributed by atoms with Crippen LogP contribution in [0.1, 0.15) is 0 Å². The highest BCUT2D eigenvalue weighted by Crippen LogP contribution is 2.35. The van der Waals surface area contributed by atoms with Crippen molar-refractivity contribution in [3.63, 3.8) is 0 Å². The molecule has 2 N–H and O–H groups in total. The first-order valence-electron chi connectivity index (χ1n) is 5.55. The predicted octanol–water partition coefficient (Wildman–Crippen LogP) is 3.18. The molecule has 0 bridgehead atoms. The fourth-order valence-corrected chi connectivity index (χ4v) is 1.84. The SMILES string of the molecule is COc1ccccc1N(C)c1cc(F)ccc1N. The van der Waals surface area contributed by atoms with Crippen molar-refractivity contribution in [1.29, 1.82) is 0 Å². The zero-order valence-corrected chi connectivity index (χ0v) is 10.4. The first-order valence-corrected chi connectivity index (χ1v) is 5.55. The Balaban J connectivity index is 2.47. The summed E-state index contributed by atoms with van der Waals surface area (Å²) in [6, 6.07) is 11.8. The van der Waals surface area contributed by atoms with Gasteiger partial charge in [-0.05, 0) is 30.3 Å². The van der Waals surface area contributed by atoms with Gasteiger partial charge >= 0.3 is 0 Å². The van der Waals surface area contributed by atoms with Gasteiger partial charge < -0.3 is 15.4 Å². The molecule has 3 nitrogen and oxygen atoms in total. The number of hydrogen-bond donors (Lipinski definition) is 1. The van der Waals surface area contributed by atoms with Crippen LogP contribution in [0.15, 0.2) is 42.5 Å². The summed E-state index contributed by atoms with van der Waals surface area (Å²) in [4.78, 5) is 1.80. The van der Waals surface area contributed by atoms with E-state index in [0.717, 1.165) is 5.69 Å². The van der Waals surface area contributed by atoms with Gasteiger partial charge in [-0.15, -0.1) is 0 Å². The average molecular weight is 246 g/mol. The molecule has 2 aromatic rings. The highest BCUT2D eigenvalue weighted by Gasteiger charge is 2.12. The molecule has 0 radical (unpaired) electrons. The Kier molecular flexibility index (Phi) is 3.37. The van der Waals surface area contributed by atoms with Crippen LogP contribution in [0.3, 0.4) is 0 Å². The Morgan fingerprint density at radius 2 is 1.83 bits per heavy atom. The molecule has 4 heteroatoms. The second-order valence-corrected chi connectivity index (χ2v) is 3.93. The van der Waals surface area contributed by atoms with Gasteiger partial charge in [0.05, 0.1) is 24.2 Å². The van der Waals surface area contributed by atoms with Crippen LogP contribution in [0.5, 0.6) is 5.75 Å². The maximum atomic E-state index is 13.3. The Morgan fingerprint density at radius 3 is 2.56 bits per heavy atom. The summed E-state index contributed by atoms with van der Waals surface area (Å²) in [6.07, 6.45) is 0. The lowest BCUT2D eigenvalue weighted by Crippen LogP contribution is -2.12. The van der Waals surface area contributed by atoms with Crippen molar-refractivity contribution in [3.8, 4) is 5.75 Å². The van der Waals surface area contributed by atoms with Gasteiger partial charge in [0.1, 0.15) is 11.6 Å². The first-order chi connectivity index (χ1) is 8.63. The van der Waals surface area contributed by atoms with Gasteiger partial charge in [0.2, 0.25) is 0 Å². The number of benzene rings is 2. The van der Waals surface area contributed by atoms with Crippen LogP contribution in [0, 0.1) is 5.82 Å². The molecule has 0 aliphatic heterocycles. The van der Waals surface area contributed by atoms with Crippen molar-refractivity contribution in [3.05, 3.63) is 48.3 Å². The molecule has 0 amide bonds. The van der Waals surface area contributed by atoms with E-state index in [1.807, 2.05) is 31.3 Å². The van der Waals surface area contributed by atoms with E-state index in [4.69, 9.17) is 10.5 Å². The number of ether oxygens (including phenoxy) is 1. The van der Waals surface area contributed by atoms with E-state index < -0.39 is 0 Å². The predicted molar refractivity (Wildman–Crippen MR) is 71.9 cm³/mol. The second-order valence-electron chi connectivity index (χ2n) is 3.93. The third-order valence-electron chi connectivity index (χ3n) is 2.80. The van der Waals surface area contributed by atoms with Crippen molar-refractivity contribution in [1.82, 2.24) is 0 Å². The minimum Gasteiger partial charge on any atom is -0.495 e. The van der Waals surface area contributed by atoms with Gasteiger partial charge in [0.25, 0.3) is 0 Å². The van der Waals surface area contributed by atoms with Crippen LogP contribution in [-0.4, -0.2) is 14.2 Å². The van der Waals surface area contributed by atoms with Gasteiger partial charge in [-0.25, -0.2) is 4.39 Å². The minimum absolute atomic E-state index is 0.319. The zero-order valence-electron chi connectivity index (χ0n) is 10.4. The van der Waals surface area contributed by atoms with Crippen LogP contribution in [0.4, 0.5) is 21.5 Å². The molecule has 0 atom stereocenters. The molecule has 0 aliphatic carbocycles. The lowest BCUT2D eigenvalue weighted by atomic mass is 10.2. The zero-order chi connectivity index (χ0) is 13.1. The normalized spacial score (nSPS) is 10.2. The fourth-order valence-electron chi connectivity index (χ4n) is 1.84. The van der Waals surface area contributed by atoms with Gasteiger partial charge in [-0.2, -0.15) is 0 Å². The topological polar surface area (TPSA) is 38.5 Å². The summed E-state index contributed by atoms with van der Waals surface area (Å²) >= 11 is 0. The van der Waals surface area contributed by atoms with E-state index in [1.54, 1.807) is 18.1 Å². The summed E-state index contributed by atoms with van der Waals surface area (Å²) in [5, 5.41) is 0. The molecule has 0 saturated carbocycles. The molecule has 0 aromatic heterocycles. The number of para-hydroxylation sites is 2. The molecule has 0 spiro atoms. The summed E-state index contributed by atoms with van der Waals surface area (Å²) in [6.45, 7) is 0. The van der Waals surface area contributed by atoms with E-state index in [1.165, 1.54) is 12.1 Å². The maximum absolute atomic E-state index is 13.3. The van der Waals surface area contributed by atoms with Gasteiger partial charge in [0, 0.05) is 7.05 Å². The Hall–Kier alpha value is -2.23. The number of nitrogen functional groups attached to an aromatic ring is 1. The number of rotatable bonds is 3. The summed E-state index contributed by atoms with van der Waals surface area (Å²) in [5.74, 6) is 0.393. The second kappa shape index (κ2) is 4.96. The number of nitrogens with two attached hydrogens (primary N) is 1. The van der Waals surface area contributed by atoms with E-state index in [2.05, 4.69) is 0 Å². The van der Waals surface area contributed by atoms with E-state index in [0.29, 0.717) is 17.1 Å². The van der Waals surface area contributed by atoms with Crippen LogP contribution in [-0.2, 0) is 0 Å². The van der Waals surface area contributed by atoms with Gasteiger partial charge in [0.15, 0.2) is 0 Å². The average Bonchev–Trinajstić information content (AvgIpc) is 2.40. The lowest BCUT2D eigenvalue weighted by Gasteiger charge is -2.23. The molecule has 0 fully saturated rings. The van der Waals surface area contributed by atoms with E-state index in [9.17, 15) is 4.39 Å². The minimum atomic E-state index is -0.319. The molecule has 0 saturated heterocycles. The number of anilines is 3. The van der Waals surface area contributed by atoms with Crippen LogP contribution < -0.4 is 15.4 Å². The third-order valence-corrected chi connectivity index (χ3v) is 2.80. The molecule has 2 rings (SSSR count). The van der Waals surface area contributed by atoms with Crippen molar-refractivity contribution in [2.75, 3.05) is 24.8 Å². The lowest BCUT2D eigenvalue weighted by molar-refractivity contribution is 0.415. The molecule has 0 unspecified atom stereocenters. The quantitative estimate of drug-likeness (QED) is 0.845. The highest BCUT2D eigenvalue weighted by atomic mass is 19.1. The van der Waals surface area contributed by atoms with Crippen molar-refractivity contribution < 1.29 is 9.13 Å². The summed E-state index contributed by atoms with van der Waals surface area (Å²) < 4.78 is 18.6. The highest BCUT2D eigenvalue weighted by molar-refractivity contribution is 5.77. The van der Waals surface area contributed by atoms with E-state index >= 15 is 0 Å². The summed E-state index contributed by atoms with van der Waals surface area (Å²) in [7, 11) is 3.42. The van der Waals surface area contributed by atoms with Gasteiger partial charge in [-0.3, -0.25) is 0 Å². The largest absolute Gasteiger partial charge is 0.495 e. The third kappa shape index (κ3) is 2.22. The Morgan fingerprint density at radius 1 is 1.11 bits per heavy atom.